The lowest BCUT2D eigenvalue weighted by molar-refractivity contribution is 0.0416. The van der Waals surface area contributed by atoms with E-state index in [-0.39, 0.29) is 13.2 Å². The second kappa shape index (κ2) is 3.90. The van der Waals surface area contributed by atoms with Gasteiger partial charge in [0.25, 0.3) is 0 Å². The Labute approximate surface area is 61.4 Å². The topological polar surface area (TPSA) is 69.4 Å². The van der Waals surface area contributed by atoms with E-state index in [9.17, 15) is 8.42 Å². The predicted molar refractivity (Wildman–Crippen MR) is 39.1 cm³/mol. The second-order valence-electron chi connectivity index (χ2n) is 1.75. The van der Waals surface area contributed by atoms with Crippen LogP contribution in [0.5, 0.6) is 0 Å². The Morgan fingerprint density at radius 1 is 1.40 bits per heavy atom. The van der Waals surface area contributed by atoms with E-state index in [1.165, 1.54) is 0 Å². The van der Waals surface area contributed by atoms with E-state index in [4.69, 9.17) is 5.14 Å². The standard InChI is InChI=1S/C3H7NO3S.C2H6/c4-8(5,6)3-1-7-2-3;1-2/h3H,1-2H2,(H2,4,5,6);1-2H3. The average molecular weight is 167 g/mol. The number of hydrogen-bond acceptors (Lipinski definition) is 3. The highest BCUT2D eigenvalue weighted by molar-refractivity contribution is 7.89. The third-order valence-electron chi connectivity index (χ3n) is 1.07. The Bertz CT molecular complexity index is 171. The van der Waals surface area contributed by atoms with Crippen LogP contribution in [-0.2, 0) is 14.8 Å². The molecule has 1 saturated heterocycles. The summed E-state index contributed by atoms with van der Waals surface area (Å²) >= 11 is 0. The van der Waals surface area contributed by atoms with Gasteiger partial charge in [-0.15, -0.1) is 0 Å². The van der Waals surface area contributed by atoms with Gasteiger partial charge in [0.15, 0.2) is 0 Å². The van der Waals surface area contributed by atoms with Gasteiger partial charge in [0.05, 0.1) is 13.2 Å². The van der Waals surface area contributed by atoms with E-state index < -0.39 is 15.3 Å². The van der Waals surface area contributed by atoms with E-state index in [0.29, 0.717) is 0 Å². The number of sulfonamides is 1. The Morgan fingerprint density at radius 2 is 1.80 bits per heavy atom. The third-order valence-corrected chi connectivity index (χ3v) is 2.27. The quantitative estimate of drug-likeness (QED) is 0.583. The molecular weight excluding hydrogens is 154 g/mol. The van der Waals surface area contributed by atoms with Crippen LogP contribution in [0.3, 0.4) is 0 Å². The molecule has 0 aromatic rings. The van der Waals surface area contributed by atoms with Crippen molar-refractivity contribution in [2.45, 2.75) is 19.1 Å². The predicted octanol–water partition coefficient (Wildman–Crippen LogP) is -0.300. The lowest BCUT2D eigenvalue weighted by Gasteiger charge is -2.22. The van der Waals surface area contributed by atoms with Crippen molar-refractivity contribution in [3.63, 3.8) is 0 Å². The molecular formula is C5H13NO3S. The third kappa shape index (κ3) is 2.64. The number of primary sulfonamides is 1. The summed E-state index contributed by atoms with van der Waals surface area (Å²) in [5, 5.41) is 4.29. The number of nitrogens with two attached hydrogens (primary N) is 1. The molecule has 0 spiro atoms. The second-order valence-corrected chi connectivity index (χ2v) is 3.59. The van der Waals surface area contributed by atoms with Gasteiger partial charge in [-0.25, -0.2) is 13.6 Å². The summed E-state index contributed by atoms with van der Waals surface area (Å²) < 4.78 is 25.2. The van der Waals surface area contributed by atoms with Gasteiger partial charge in [0.1, 0.15) is 5.25 Å². The zero-order valence-corrected chi connectivity index (χ0v) is 7.02. The van der Waals surface area contributed by atoms with E-state index >= 15 is 0 Å². The first-order chi connectivity index (χ1) is 4.61. The van der Waals surface area contributed by atoms with Crippen molar-refractivity contribution in [3.8, 4) is 0 Å². The van der Waals surface area contributed by atoms with Crippen LogP contribution in [0, 0.1) is 0 Å². The lowest BCUT2D eigenvalue weighted by atomic mass is 10.4. The summed E-state index contributed by atoms with van der Waals surface area (Å²) in [7, 11) is -3.29. The van der Waals surface area contributed by atoms with Gasteiger partial charge >= 0.3 is 0 Å². The van der Waals surface area contributed by atoms with E-state index in [1.54, 1.807) is 0 Å². The first-order valence-corrected chi connectivity index (χ1v) is 4.81. The first-order valence-electron chi connectivity index (χ1n) is 3.20. The Balaban J connectivity index is 0.000000371. The minimum Gasteiger partial charge on any atom is -0.378 e. The summed E-state index contributed by atoms with van der Waals surface area (Å²) in [6, 6.07) is 0. The summed E-state index contributed by atoms with van der Waals surface area (Å²) in [6.45, 7) is 4.53. The molecule has 10 heavy (non-hydrogen) atoms. The molecule has 0 aromatic carbocycles. The molecule has 0 radical (unpaired) electrons. The fourth-order valence-corrected chi connectivity index (χ4v) is 0.976. The Kier molecular flexibility index (Phi) is 3.85. The minimum atomic E-state index is -3.29. The highest BCUT2D eigenvalue weighted by atomic mass is 32.2. The van der Waals surface area contributed by atoms with Crippen LogP contribution in [0.1, 0.15) is 13.8 Å². The normalized spacial score (nSPS) is 18.7. The van der Waals surface area contributed by atoms with Crippen molar-refractivity contribution in [3.05, 3.63) is 0 Å². The van der Waals surface area contributed by atoms with Crippen molar-refractivity contribution in [1.82, 2.24) is 0 Å². The minimum absolute atomic E-state index is 0.263. The summed E-state index contributed by atoms with van der Waals surface area (Å²) in [6.07, 6.45) is 0. The molecule has 2 N–H and O–H groups in total. The fourth-order valence-electron chi connectivity index (χ4n) is 0.404. The van der Waals surface area contributed by atoms with Crippen LogP contribution >= 0.6 is 0 Å². The van der Waals surface area contributed by atoms with Gasteiger partial charge in [0, 0.05) is 0 Å². The lowest BCUT2D eigenvalue weighted by Crippen LogP contribution is -2.44. The van der Waals surface area contributed by atoms with Crippen LogP contribution < -0.4 is 5.14 Å². The molecule has 1 heterocycles. The van der Waals surface area contributed by atoms with Crippen LogP contribution in [0.4, 0.5) is 0 Å². The van der Waals surface area contributed by atoms with Gasteiger partial charge in [-0.3, -0.25) is 0 Å². The molecule has 0 bridgehead atoms. The zero-order valence-electron chi connectivity index (χ0n) is 6.20. The maximum atomic E-state index is 10.3. The maximum absolute atomic E-state index is 10.3. The van der Waals surface area contributed by atoms with Crippen molar-refractivity contribution in [2.75, 3.05) is 13.2 Å². The van der Waals surface area contributed by atoms with Crippen molar-refractivity contribution in [2.24, 2.45) is 5.14 Å². The van der Waals surface area contributed by atoms with Crippen molar-refractivity contribution < 1.29 is 13.2 Å². The smallest absolute Gasteiger partial charge is 0.216 e. The molecule has 4 nitrogen and oxygen atoms in total. The molecule has 62 valence electrons. The first kappa shape index (κ1) is 9.87. The molecule has 0 atom stereocenters. The van der Waals surface area contributed by atoms with E-state index in [2.05, 4.69) is 4.74 Å². The zero-order chi connectivity index (χ0) is 8.20. The van der Waals surface area contributed by atoms with E-state index in [0.717, 1.165) is 0 Å². The summed E-state index contributed by atoms with van der Waals surface area (Å²) in [5.74, 6) is 0. The SMILES string of the molecule is CC.NS(=O)(=O)C1COC1. The highest BCUT2D eigenvalue weighted by Crippen LogP contribution is 2.06. The monoisotopic (exact) mass is 167 g/mol. The maximum Gasteiger partial charge on any atom is 0.216 e. The Hall–Kier alpha value is -0.130. The highest BCUT2D eigenvalue weighted by Gasteiger charge is 2.28. The molecule has 1 aliphatic heterocycles. The average Bonchev–Trinajstić information content (AvgIpc) is 1.61. The van der Waals surface area contributed by atoms with Gasteiger partial charge in [-0.2, -0.15) is 0 Å². The molecule has 1 rings (SSSR count). The van der Waals surface area contributed by atoms with Crippen LogP contribution in [0.2, 0.25) is 0 Å². The van der Waals surface area contributed by atoms with Gasteiger partial charge in [0.2, 0.25) is 10.0 Å². The van der Waals surface area contributed by atoms with Gasteiger partial charge < -0.3 is 4.74 Å². The van der Waals surface area contributed by atoms with Gasteiger partial charge in [-0.05, 0) is 0 Å². The van der Waals surface area contributed by atoms with Crippen LogP contribution in [-0.4, -0.2) is 26.9 Å². The van der Waals surface area contributed by atoms with E-state index in [1.807, 2.05) is 13.8 Å². The molecule has 5 heteroatoms. The Morgan fingerprint density at radius 3 is 1.80 bits per heavy atom. The molecule has 0 unspecified atom stereocenters. The van der Waals surface area contributed by atoms with Crippen LogP contribution in [0.25, 0.3) is 0 Å². The molecule has 1 aliphatic rings. The molecule has 0 saturated carbocycles. The molecule has 0 amide bonds. The molecule has 0 aromatic heterocycles. The van der Waals surface area contributed by atoms with Gasteiger partial charge in [-0.1, -0.05) is 13.8 Å². The summed E-state index contributed by atoms with van der Waals surface area (Å²) in [4.78, 5) is 0. The van der Waals surface area contributed by atoms with Crippen molar-refractivity contribution >= 4 is 10.0 Å². The number of ether oxygens (including phenoxy) is 1. The molecule has 0 aliphatic carbocycles. The summed E-state index contributed by atoms with van der Waals surface area (Å²) in [5.41, 5.74) is 0. The number of hydrogen-bond donors (Lipinski definition) is 1. The fraction of sp³-hybridized carbons (Fsp3) is 1.00. The number of rotatable bonds is 1. The largest absolute Gasteiger partial charge is 0.378 e. The molecule has 1 fully saturated rings. The van der Waals surface area contributed by atoms with Crippen molar-refractivity contribution in [1.29, 1.82) is 0 Å². The van der Waals surface area contributed by atoms with Crippen LogP contribution in [0.15, 0.2) is 0 Å².